The normalized spacial score (nSPS) is 10.0. The molecule has 0 aliphatic heterocycles. The van der Waals surface area contributed by atoms with Crippen LogP contribution in [0.3, 0.4) is 0 Å². The fourth-order valence-corrected chi connectivity index (χ4v) is 2.52. The minimum Gasteiger partial charge on any atom is -0.478 e. The van der Waals surface area contributed by atoms with Crippen LogP contribution in [0.25, 0.3) is 0 Å². The van der Waals surface area contributed by atoms with E-state index in [2.05, 4.69) is 26.6 Å². The molecule has 0 saturated carbocycles. The molecule has 0 unspecified atom stereocenters. The number of halogens is 2. The second-order valence-electron chi connectivity index (χ2n) is 4.09. The van der Waals surface area contributed by atoms with Crippen molar-refractivity contribution in [2.75, 3.05) is 10.6 Å². The number of rotatable bonds is 3. The summed E-state index contributed by atoms with van der Waals surface area (Å²) in [4.78, 5) is 10.8. The monoisotopic (exact) mass is 384 g/mol. The first-order chi connectivity index (χ1) is 9.95. The number of hydrogen-bond donors (Lipinski definition) is 3. The maximum absolute atomic E-state index is 10.8. The predicted octanol–water partition coefficient (Wildman–Crippen LogP) is 4.61. The van der Waals surface area contributed by atoms with E-state index in [9.17, 15) is 4.79 Å². The molecule has 2 aromatic carbocycles. The van der Waals surface area contributed by atoms with Gasteiger partial charge in [0.15, 0.2) is 5.11 Å². The highest BCUT2D eigenvalue weighted by atomic mass is 79.9. The number of hydrogen-bond acceptors (Lipinski definition) is 2. The van der Waals surface area contributed by atoms with E-state index >= 15 is 0 Å². The summed E-state index contributed by atoms with van der Waals surface area (Å²) in [6.07, 6.45) is 0. The van der Waals surface area contributed by atoms with Gasteiger partial charge in [0.1, 0.15) is 0 Å². The number of benzene rings is 2. The Labute approximate surface area is 140 Å². The largest absolute Gasteiger partial charge is 0.478 e. The quantitative estimate of drug-likeness (QED) is 0.674. The maximum Gasteiger partial charge on any atom is 0.335 e. The number of nitrogens with one attached hydrogen (secondary N) is 2. The van der Waals surface area contributed by atoms with Gasteiger partial charge in [0.2, 0.25) is 0 Å². The molecule has 0 heterocycles. The lowest BCUT2D eigenvalue weighted by atomic mass is 10.2. The van der Waals surface area contributed by atoms with Gasteiger partial charge in [0, 0.05) is 10.2 Å². The van der Waals surface area contributed by atoms with Gasteiger partial charge in [-0.25, -0.2) is 4.79 Å². The molecule has 0 amide bonds. The SMILES string of the molecule is O=C(O)c1ccc(NC(=S)Nc2ccc(Br)cc2Cl)cc1. The Balaban J connectivity index is 2.02. The molecule has 7 heteroatoms. The van der Waals surface area contributed by atoms with Crippen LogP contribution in [0.4, 0.5) is 11.4 Å². The molecule has 108 valence electrons. The maximum atomic E-state index is 10.8. The Morgan fingerprint density at radius 1 is 1.14 bits per heavy atom. The lowest BCUT2D eigenvalue weighted by Gasteiger charge is -2.12. The Hall–Kier alpha value is -1.63. The van der Waals surface area contributed by atoms with Gasteiger partial charge in [0.25, 0.3) is 0 Å². The number of carboxylic acid groups (broad SMARTS) is 1. The van der Waals surface area contributed by atoms with Crippen LogP contribution in [-0.4, -0.2) is 16.2 Å². The van der Waals surface area contributed by atoms with E-state index in [0.29, 0.717) is 21.5 Å². The third-order valence-electron chi connectivity index (χ3n) is 2.57. The van der Waals surface area contributed by atoms with Gasteiger partial charge >= 0.3 is 5.97 Å². The zero-order chi connectivity index (χ0) is 15.4. The van der Waals surface area contributed by atoms with Gasteiger partial charge in [-0.15, -0.1) is 0 Å². The topological polar surface area (TPSA) is 61.4 Å². The highest BCUT2D eigenvalue weighted by molar-refractivity contribution is 9.10. The summed E-state index contributed by atoms with van der Waals surface area (Å²) < 4.78 is 0.876. The molecule has 0 aliphatic rings. The summed E-state index contributed by atoms with van der Waals surface area (Å²) in [5, 5.41) is 15.7. The van der Waals surface area contributed by atoms with Crippen molar-refractivity contribution in [2.45, 2.75) is 0 Å². The van der Waals surface area contributed by atoms with Crippen LogP contribution in [0.15, 0.2) is 46.9 Å². The number of carboxylic acids is 1. The highest BCUT2D eigenvalue weighted by Crippen LogP contribution is 2.25. The molecule has 3 N–H and O–H groups in total. The smallest absolute Gasteiger partial charge is 0.335 e. The summed E-state index contributed by atoms with van der Waals surface area (Å²) in [5.41, 5.74) is 1.58. The van der Waals surface area contributed by atoms with Crippen LogP contribution >= 0.6 is 39.7 Å². The van der Waals surface area contributed by atoms with E-state index < -0.39 is 5.97 Å². The fourth-order valence-electron chi connectivity index (χ4n) is 1.57. The number of anilines is 2. The van der Waals surface area contributed by atoms with E-state index in [1.54, 1.807) is 24.3 Å². The van der Waals surface area contributed by atoms with Crippen molar-refractivity contribution >= 4 is 62.2 Å². The molecule has 0 aliphatic carbocycles. The zero-order valence-electron chi connectivity index (χ0n) is 10.6. The van der Waals surface area contributed by atoms with Crippen LogP contribution in [0.5, 0.6) is 0 Å². The average Bonchev–Trinajstić information content (AvgIpc) is 2.42. The zero-order valence-corrected chi connectivity index (χ0v) is 13.7. The molecule has 0 spiro atoms. The van der Waals surface area contributed by atoms with Crippen LogP contribution in [0, 0.1) is 0 Å². The van der Waals surface area contributed by atoms with Gasteiger partial charge in [-0.05, 0) is 54.7 Å². The van der Waals surface area contributed by atoms with Crippen LogP contribution < -0.4 is 10.6 Å². The molecule has 0 bridgehead atoms. The number of aromatic carboxylic acids is 1. The third-order valence-corrected chi connectivity index (χ3v) is 3.58. The lowest BCUT2D eigenvalue weighted by molar-refractivity contribution is 0.0697. The van der Waals surface area contributed by atoms with Crippen molar-refractivity contribution in [3.05, 3.63) is 57.5 Å². The minimum absolute atomic E-state index is 0.218. The fraction of sp³-hybridized carbons (Fsp3) is 0. The number of thiocarbonyl (C=S) groups is 1. The Morgan fingerprint density at radius 2 is 1.81 bits per heavy atom. The molecule has 21 heavy (non-hydrogen) atoms. The third kappa shape index (κ3) is 4.42. The van der Waals surface area contributed by atoms with Gasteiger partial charge < -0.3 is 15.7 Å². The van der Waals surface area contributed by atoms with E-state index in [1.165, 1.54) is 12.1 Å². The van der Waals surface area contributed by atoms with Gasteiger partial charge in [-0.3, -0.25) is 0 Å². The Bertz CT molecular complexity index is 692. The van der Waals surface area contributed by atoms with Crippen LogP contribution in [0.1, 0.15) is 10.4 Å². The summed E-state index contributed by atoms with van der Waals surface area (Å²) in [6, 6.07) is 11.7. The van der Waals surface area contributed by atoms with Crippen LogP contribution in [-0.2, 0) is 0 Å². The molecule has 2 rings (SSSR count). The molecule has 2 aromatic rings. The van der Waals surface area contributed by atoms with Crippen molar-refractivity contribution in [1.29, 1.82) is 0 Å². The average molecular weight is 386 g/mol. The van der Waals surface area contributed by atoms with Gasteiger partial charge in [-0.2, -0.15) is 0 Å². The Morgan fingerprint density at radius 3 is 2.38 bits per heavy atom. The molecule has 0 radical (unpaired) electrons. The summed E-state index contributed by atoms with van der Waals surface area (Å²) in [7, 11) is 0. The lowest BCUT2D eigenvalue weighted by Crippen LogP contribution is -2.19. The van der Waals surface area contributed by atoms with Crippen molar-refractivity contribution in [3.8, 4) is 0 Å². The van der Waals surface area contributed by atoms with Gasteiger partial charge in [-0.1, -0.05) is 27.5 Å². The second kappa shape index (κ2) is 6.89. The second-order valence-corrected chi connectivity index (χ2v) is 5.82. The van der Waals surface area contributed by atoms with Crippen LogP contribution in [0.2, 0.25) is 5.02 Å². The minimum atomic E-state index is -0.969. The molecular formula is C14H10BrClN2O2S. The van der Waals surface area contributed by atoms with E-state index in [-0.39, 0.29) is 5.56 Å². The van der Waals surface area contributed by atoms with Gasteiger partial charge in [0.05, 0.1) is 16.3 Å². The molecule has 0 saturated heterocycles. The van der Waals surface area contributed by atoms with Crippen molar-refractivity contribution < 1.29 is 9.90 Å². The first-order valence-electron chi connectivity index (χ1n) is 5.82. The van der Waals surface area contributed by atoms with Crippen molar-refractivity contribution in [3.63, 3.8) is 0 Å². The molecular weight excluding hydrogens is 376 g/mol. The standard InChI is InChI=1S/C14H10BrClN2O2S/c15-9-3-6-12(11(16)7-9)18-14(21)17-10-4-1-8(2-5-10)13(19)20/h1-7H,(H,19,20)(H2,17,18,21). The highest BCUT2D eigenvalue weighted by Gasteiger charge is 2.05. The molecule has 0 fully saturated rings. The summed E-state index contributed by atoms with van der Waals surface area (Å²) in [6.45, 7) is 0. The van der Waals surface area contributed by atoms with Crippen molar-refractivity contribution in [1.82, 2.24) is 0 Å². The predicted molar refractivity (Wildman–Crippen MR) is 92.4 cm³/mol. The molecule has 4 nitrogen and oxygen atoms in total. The first-order valence-corrected chi connectivity index (χ1v) is 7.40. The van der Waals surface area contributed by atoms with E-state index in [4.69, 9.17) is 28.9 Å². The van der Waals surface area contributed by atoms with E-state index in [0.717, 1.165) is 4.47 Å². The van der Waals surface area contributed by atoms with Crippen molar-refractivity contribution in [2.24, 2.45) is 0 Å². The summed E-state index contributed by atoms with van der Waals surface area (Å²) in [5.74, 6) is -0.969. The summed E-state index contributed by atoms with van der Waals surface area (Å²) >= 11 is 14.6. The first kappa shape index (κ1) is 15.8. The number of carbonyl (C=O) groups is 1. The van der Waals surface area contributed by atoms with E-state index in [1.807, 2.05) is 6.07 Å². The molecule has 0 atom stereocenters. The molecule has 0 aromatic heterocycles. The Kier molecular flexibility index (Phi) is 5.17.